The Balaban J connectivity index is 1.46. The lowest BCUT2D eigenvalue weighted by molar-refractivity contribution is 0.0550. The van der Waals surface area contributed by atoms with Crippen LogP contribution >= 0.6 is 0 Å². The van der Waals surface area contributed by atoms with E-state index in [1.54, 1.807) is 41.6 Å². The number of piperazine rings is 1. The van der Waals surface area contributed by atoms with Crippen LogP contribution < -0.4 is 4.74 Å². The molecule has 1 unspecified atom stereocenters. The monoisotopic (exact) mass is 348 g/mol. The van der Waals surface area contributed by atoms with E-state index in [0.717, 1.165) is 6.54 Å². The van der Waals surface area contributed by atoms with Crippen molar-refractivity contribution in [1.29, 1.82) is 5.26 Å². The fourth-order valence-corrected chi connectivity index (χ4v) is 3.36. The van der Waals surface area contributed by atoms with Crippen molar-refractivity contribution in [3.05, 3.63) is 54.4 Å². The first-order valence-electron chi connectivity index (χ1n) is 8.87. The van der Waals surface area contributed by atoms with Crippen molar-refractivity contribution < 1.29 is 9.53 Å². The maximum atomic E-state index is 12.9. The molecule has 2 fully saturated rings. The standard InChI is InChI=1S/C20H20N4O2/c21-13-17-14-23(10-11-24(17)16-4-5-16)20(25)15-2-1-3-19(12-15)26-18-6-8-22-9-7-18/h1-3,6-9,12,16-17H,4-5,10-11,14H2. The highest BCUT2D eigenvalue weighted by Gasteiger charge is 2.38. The quantitative estimate of drug-likeness (QED) is 0.850. The van der Waals surface area contributed by atoms with Gasteiger partial charge in [-0.05, 0) is 43.2 Å². The molecule has 1 amide bonds. The van der Waals surface area contributed by atoms with Crippen molar-refractivity contribution in [1.82, 2.24) is 14.8 Å². The fraction of sp³-hybridized carbons (Fsp3) is 0.350. The third-order valence-corrected chi connectivity index (χ3v) is 4.84. The van der Waals surface area contributed by atoms with E-state index in [-0.39, 0.29) is 11.9 Å². The van der Waals surface area contributed by atoms with E-state index in [1.165, 1.54) is 12.8 Å². The molecule has 0 spiro atoms. The molecule has 1 aliphatic carbocycles. The van der Waals surface area contributed by atoms with Gasteiger partial charge < -0.3 is 9.64 Å². The molecule has 26 heavy (non-hydrogen) atoms. The predicted octanol–water partition coefficient (Wildman–Crippen LogP) is 2.69. The van der Waals surface area contributed by atoms with Crippen LogP contribution in [-0.4, -0.2) is 52.4 Å². The molecule has 1 aromatic heterocycles. The third kappa shape index (κ3) is 3.53. The van der Waals surface area contributed by atoms with Gasteiger partial charge in [0.1, 0.15) is 17.5 Å². The van der Waals surface area contributed by atoms with Crippen LogP contribution in [0.5, 0.6) is 11.5 Å². The molecule has 2 aromatic rings. The summed E-state index contributed by atoms with van der Waals surface area (Å²) in [6.07, 6.45) is 5.65. The molecular formula is C20H20N4O2. The molecule has 132 valence electrons. The lowest BCUT2D eigenvalue weighted by Gasteiger charge is -2.38. The first kappa shape index (κ1) is 16.6. The molecule has 4 rings (SSSR count). The summed E-state index contributed by atoms with van der Waals surface area (Å²) >= 11 is 0. The predicted molar refractivity (Wildman–Crippen MR) is 95.8 cm³/mol. The maximum Gasteiger partial charge on any atom is 0.254 e. The Hall–Kier alpha value is -2.91. The normalized spacial score (nSPS) is 20.4. The second-order valence-electron chi connectivity index (χ2n) is 6.68. The molecule has 2 heterocycles. The summed E-state index contributed by atoms with van der Waals surface area (Å²) in [4.78, 5) is 20.9. The summed E-state index contributed by atoms with van der Waals surface area (Å²) in [5.74, 6) is 1.23. The van der Waals surface area contributed by atoms with Crippen molar-refractivity contribution in [2.75, 3.05) is 19.6 Å². The molecule has 6 nitrogen and oxygen atoms in total. The number of nitriles is 1. The molecule has 1 saturated carbocycles. The van der Waals surface area contributed by atoms with Crippen LogP contribution in [0, 0.1) is 11.3 Å². The molecule has 1 saturated heterocycles. The van der Waals surface area contributed by atoms with Crippen molar-refractivity contribution >= 4 is 5.91 Å². The number of pyridine rings is 1. The first-order valence-corrected chi connectivity index (χ1v) is 8.87. The van der Waals surface area contributed by atoms with Crippen LogP contribution in [0.4, 0.5) is 0 Å². The minimum Gasteiger partial charge on any atom is -0.457 e. The Morgan fingerprint density at radius 2 is 1.96 bits per heavy atom. The van der Waals surface area contributed by atoms with Crippen LogP contribution in [0.2, 0.25) is 0 Å². The lowest BCUT2D eigenvalue weighted by atomic mass is 10.1. The van der Waals surface area contributed by atoms with Crippen LogP contribution in [0.3, 0.4) is 0 Å². The Labute approximate surface area is 152 Å². The number of carbonyl (C=O) groups is 1. The maximum absolute atomic E-state index is 12.9. The second kappa shape index (κ2) is 7.14. The van der Waals surface area contributed by atoms with Crippen molar-refractivity contribution in [2.45, 2.75) is 24.9 Å². The molecule has 6 heteroatoms. The van der Waals surface area contributed by atoms with Gasteiger partial charge in [-0.3, -0.25) is 14.7 Å². The number of ether oxygens (including phenoxy) is 1. The minimum atomic E-state index is -0.212. The van der Waals surface area contributed by atoms with E-state index in [2.05, 4.69) is 16.0 Å². The van der Waals surface area contributed by atoms with Gasteiger partial charge in [-0.25, -0.2) is 0 Å². The molecule has 1 aliphatic heterocycles. The summed E-state index contributed by atoms with van der Waals surface area (Å²) in [5.41, 5.74) is 0.577. The Morgan fingerprint density at radius 3 is 2.69 bits per heavy atom. The van der Waals surface area contributed by atoms with Crippen LogP contribution in [0.25, 0.3) is 0 Å². The molecule has 1 atom stereocenters. The average molecular weight is 348 g/mol. The average Bonchev–Trinajstić information content (AvgIpc) is 3.53. The molecule has 0 bridgehead atoms. The first-order chi connectivity index (χ1) is 12.7. The van der Waals surface area contributed by atoms with Crippen molar-refractivity contribution in [3.63, 3.8) is 0 Å². The van der Waals surface area contributed by atoms with Gasteiger partial charge in [0.15, 0.2) is 0 Å². The van der Waals surface area contributed by atoms with E-state index >= 15 is 0 Å². The Kier molecular flexibility index (Phi) is 4.55. The van der Waals surface area contributed by atoms with Gasteiger partial charge in [0.2, 0.25) is 0 Å². The molecule has 0 N–H and O–H groups in total. The fourth-order valence-electron chi connectivity index (χ4n) is 3.36. The van der Waals surface area contributed by atoms with Gasteiger partial charge in [-0.2, -0.15) is 5.26 Å². The van der Waals surface area contributed by atoms with Crippen LogP contribution in [0.15, 0.2) is 48.8 Å². The van der Waals surface area contributed by atoms with E-state index in [9.17, 15) is 10.1 Å². The Bertz CT molecular complexity index is 829. The summed E-state index contributed by atoms with van der Waals surface area (Å²) in [7, 11) is 0. The zero-order valence-electron chi connectivity index (χ0n) is 14.4. The number of aromatic nitrogens is 1. The summed E-state index contributed by atoms with van der Waals surface area (Å²) in [6.45, 7) is 1.88. The van der Waals surface area contributed by atoms with Gasteiger partial charge in [0.05, 0.1) is 6.07 Å². The zero-order valence-corrected chi connectivity index (χ0v) is 14.4. The van der Waals surface area contributed by atoms with E-state index in [0.29, 0.717) is 36.2 Å². The number of benzene rings is 1. The minimum absolute atomic E-state index is 0.0547. The van der Waals surface area contributed by atoms with Gasteiger partial charge in [-0.15, -0.1) is 0 Å². The lowest BCUT2D eigenvalue weighted by Crippen LogP contribution is -2.54. The van der Waals surface area contributed by atoms with Crippen molar-refractivity contribution in [3.8, 4) is 17.6 Å². The second-order valence-corrected chi connectivity index (χ2v) is 6.68. The van der Waals surface area contributed by atoms with Gasteiger partial charge in [0, 0.05) is 43.6 Å². The number of nitrogens with zero attached hydrogens (tertiary/aromatic N) is 4. The SMILES string of the molecule is N#CC1CN(C(=O)c2cccc(Oc3ccncc3)c2)CCN1C1CC1. The van der Waals surface area contributed by atoms with E-state index < -0.39 is 0 Å². The number of rotatable bonds is 4. The topological polar surface area (TPSA) is 69.5 Å². The molecule has 2 aliphatic rings. The molecule has 1 aromatic carbocycles. The highest BCUT2D eigenvalue weighted by molar-refractivity contribution is 5.94. The number of hydrogen-bond acceptors (Lipinski definition) is 5. The number of hydrogen-bond donors (Lipinski definition) is 0. The highest BCUT2D eigenvalue weighted by Crippen LogP contribution is 2.30. The van der Waals surface area contributed by atoms with Crippen LogP contribution in [-0.2, 0) is 0 Å². The number of amides is 1. The zero-order chi connectivity index (χ0) is 17.9. The van der Waals surface area contributed by atoms with Gasteiger partial charge >= 0.3 is 0 Å². The van der Waals surface area contributed by atoms with Crippen LogP contribution in [0.1, 0.15) is 23.2 Å². The van der Waals surface area contributed by atoms with E-state index in [1.807, 2.05) is 12.1 Å². The summed E-state index contributed by atoms with van der Waals surface area (Å²) in [5, 5.41) is 9.46. The Morgan fingerprint density at radius 1 is 1.15 bits per heavy atom. The smallest absolute Gasteiger partial charge is 0.254 e. The van der Waals surface area contributed by atoms with Gasteiger partial charge in [0.25, 0.3) is 5.91 Å². The van der Waals surface area contributed by atoms with Gasteiger partial charge in [-0.1, -0.05) is 6.07 Å². The molecular weight excluding hydrogens is 328 g/mol. The summed E-state index contributed by atoms with van der Waals surface area (Å²) in [6, 6.07) is 13.4. The number of carbonyl (C=O) groups excluding carboxylic acids is 1. The summed E-state index contributed by atoms with van der Waals surface area (Å²) < 4.78 is 5.78. The molecule has 0 radical (unpaired) electrons. The largest absolute Gasteiger partial charge is 0.457 e. The van der Waals surface area contributed by atoms with Crippen molar-refractivity contribution in [2.24, 2.45) is 0 Å². The third-order valence-electron chi connectivity index (χ3n) is 4.84. The van der Waals surface area contributed by atoms with E-state index in [4.69, 9.17) is 4.74 Å². The highest BCUT2D eigenvalue weighted by atomic mass is 16.5.